The molecule has 1 unspecified atom stereocenters. The van der Waals surface area contributed by atoms with E-state index in [-0.39, 0.29) is 30.3 Å². The van der Waals surface area contributed by atoms with Gasteiger partial charge in [-0.3, -0.25) is 9.59 Å². The zero-order chi connectivity index (χ0) is 23.8. The van der Waals surface area contributed by atoms with E-state index in [4.69, 9.17) is 9.47 Å². The minimum absolute atomic E-state index is 0.00292. The van der Waals surface area contributed by atoms with Gasteiger partial charge in [0.2, 0.25) is 11.8 Å². The van der Waals surface area contributed by atoms with E-state index in [1.807, 2.05) is 52.4 Å². The van der Waals surface area contributed by atoms with Crippen molar-refractivity contribution in [3.63, 3.8) is 0 Å². The van der Waals surface area contributed by atoms with Gasteiger partial charge in [-0.05, 0) is 61.7 Å². The molecular formula is C26H36N2O4S. The molecule has 7 heteroatoms. The summed E-state index contributed by atoms with van der Waals surface area (Å²) >= 11 is 1.64. The smallest absolute Gasteiger partial charge is 0.242 e. The molecule has 6 nitrogen and oxygen atoms in total. The molecule has 180 valence electrons. The molecule has 1 aliphatic carbocycles. The Bertz CT molecular complexity index is 911. The predicted octanol–water partition coefficient (Wildman–Crippen LogP) is 4.76. The first kappa shape index (κ1) is 25.1. The van der Waals surface area contributed by atoms with Crippen LogP contribution in [0, 0.1) is 5.92 Å². The summed E-state index contributed by atoms with van der Waals surface area (Å²) < 4.78 is 10.8. The first-order valence-corrected chi connectivity index (χ1v) is 12.7. The summed E-state index contributed by atoms with van der Waals surface area (Å²) in [6.45, 7) is 5.36. The van der Waals surface area contributed by atoms with Crippen LogP contribution in [-0.2, 0) is 22.6 Å². The van der Waals surface area contributed by atoms with Crippen molar-refractivity contribution in [3.8, 4) is 11.5 Å². The number of carbonyl (C=O) groups is 2. The van der Waals surface area contributed by atoms with Crippen molar-refractivity contribution in [2.24, 2.45) is 5.92 Å². The van der Waals surface area contributed by atoms with Crippen LogP contribution >= 0.6 is 11.3 Å². The summed E-state index contributed by atoms with van der Waals surface area (Å²) in [5.41, 5.74) is 1.07. The van der Waals surface area contributed by atoms with Crippen molar-refractivity contribution in [2.75, 3.05) is 27.3 Å². The predicted molar refractivity (Wildman–Crippen MR) is 132 cm³/mol. The lowest BCUT2D eigenvalue weighted by Gasteiger charge is -2.36. The lowest BCUT2D eigenvalue weighted by atomic mass is 9.84. The van der Waals surface area contributed by atoms with Crippen molar-refractivity contribution < 1.29 is 19.1 Å². The Labute approximate surface area is 201 Å². The number of rotatable bonds is 12. The van der Waals surface area contributed by atoms with Crippen LogP contribution in [0.25, 0.3) is 0 Å². The maximum Gasteiger partial charge on any atom is 0.242 e. The van der Waals surface area contributed by atoms with E-state index in [0.29, 0.717) is 31.0 Å². The molecule has 2 amide bonds. The molecule has 2 aromatic rings. The van der Waals surface area contributed by atoms with E-state index in [9.17, 15) is 9.59 Å². The Kier molecular flexibility index (Phi) is 9.18. The molecule has 0 radical (unpaired) electrons. The summed E-state index contributed by atoms with van der Waals surface area (Å²) in [4.78, 5) is 31.3. The number of ether oxygens (including phenoxy) is 2. The third-order valence-electron chi connectivity index (χ3n) is 6.56. The minimum Gasteiger partial charge on any atom is -0.493 e. The van der Waals surface area contributed by atoms with Gasteiger partial charge in [0.25, 0.3) is 0 Å². The van der Waals surface area contributed by atoms with Gasteiger partial charge in [0.1, 0.15) is 6.54 Å². The van der Waals surface area contributed by atoms with Crippen LogP contribution in [0.3, 0.4) is 0 Å². The summed E-state index contributed by atoms with van der Waals surface area (Å²) in [6.07, 6.45) is 4.52. The Hall–Kier alpha value is -2.54. The minimum atomic E-state index is -0.00292. The maximum atomic E-state index is 13.5. The number of carbonyl (C=O) groups excluding carboxylic acids is 2. The standard InChI is InChI=1S/C26H36N2O4S/c1-5-19(2)28(26(30)21-8-6-9-21)18-25(29)27(17-22-10-7-15-33-22)14-13-20-11-12-23(31-3)24(16-20)32-4/h7,10-12,15-16,19,21H,5-6,8-9,13-14,17-18H2,1-4H3. The summed E-state index contributed by atoms with van der Waals surface area (Å²) in [7, 11) is 3.24. The Balaban J connectivity index is 1.73. The molecule has 0 N–H and O–H groups in total. The number of thiophene rings is 1. The van der Waals surface area contributed by atoms with Gasteiger partial charge in [-0.15, -0.1) is 11.3 Å². The maximum absolute atomic E-state index is 13.5. The van der Waals surface area contributed by atoms with E-state index in [0.717, 1.165) is 36.1 Å². The van der Waals surface area contributed by atoms with Gasteiger partial charge in [-0.2, -0.15) is 0 Å². The molecular weight excluding hydrogens is 436 g/mol. The molecule has 1 aromatic carbocycles. The van der Waals surface area contributed by atoms with E-state index in [1.54, 1.807) is 25.6 Å². The molecule has 1 atom stereocenters. The molecule has 1 aliphatic rings. The van der Waals surface area contributed by atoms with Crippen LogP contribution in [0.15, 0.2) is 35.7 Å². The van der Waals surface area contributed by atoms with Crippen LogP contribution in [-0.4, -0.2) is 55.0 Å². The van der Waals surface area contributed by atoms with E-state index in [1.165, 1.54) is 0 Å². The van der Waals surface area contributed by atoms with Crippen molar-refractivity contribution >= 4 is 23.2 Å². The summed E-state index contributed by atoms with van der Waals surface area (Å²) in [6, 6.07) is 9.95. The van der Waals surface area contributed by atoms with Gasteiger partial charge < -0.3 is 19.3 Å². The molecule has 33 heavy (non-hydrogen) atoms. The lowest BCUT2D eigenvalue weighted by molar-refractivity contribution is -0.147. The zero-order valence-electron chi connectivity index (χ0n) is 20.2. The van der Waals surface area contributed by atoms with Gasteiger partial charge in [0.05, 0.1) is 20.8 Å². The van der Waals surface area contributed by atoms with Crippen LogP contribution in [0.1, 0.15) is 50.0 Å². The number of hydrogen-bond acceptors (Lipinski definition) is 5. The highest BCUT2D eigenvalue weighted by Gasteiger charge is 2.33. The largest absolute Gasteiger partial charge is 0.493 e. The van der Waals surface area contributed by atoms with Crippen molar-refractivity contribution in [2.45, 2.75) is 58.5 Å². The van der Waals surface area contributed by atoms with Gasteiger partial charge in [-0.1, -0.05) is 25.5 Å². The SMILES string of the molecule is CCC(C)N(CC(=O)N(CCc1ccc(OC)c(OC)c1)Cc1cccs1)C(=O)C1CCC1. The first-order valence-electron chi connectivity index (χ1n) is 11.8. The van der Waals surface area contributed by atoms with Gasteiger partial charge in [-0.25, -0.2) is 0 Å². The van der Waals surface area contributed by atoms with Crippen molar-refractivity contribution in [1.29, 1.82) is 0 Å². The van der Waals surface area contributed by atoms with Gasteiger partial charge in [0, 0.05) is 23.4 Å². The summed E-state index contributed by atoms with van der Waals surface area (Å²) in [5, 5.41) is 2.03. The Morgan fingerprint density at radius 3 is 2.48 bits per heavy atom. The van der Waals surface area contributed by atoms with Crippen LogP contribution in [0.4, 0.5) is 0 Å². The second-order valence-electron chi connectivity index (χ2n) is 8.69. The zero-order valence-corrected chi connectivity index (χ0v) is 21.0. The third-order valence-corrected chi connectivity index (χ3v) is 7.42. The Morgan fingerprint density at radius 2 is 1.91 bits per heavy atom. The number of hydrogen-bond donors (Lipinski definition) is 0. The molecule has 0 spiro atoms. The highest BCUT2D eigenvalue weighted by molar-refractivity contribution is 7.09. The fourth-order valence-electron chi connectivity index (χ4n) is 3.99. The molecule has 1 saturated carbocycles. The third kappa shape index (κ3) is 6.50. The molecule has 0 aliphatic heterocycles. The monoisotopic (exact) mass is 472 g/mol. The van der Waals surface area contributed by atoms with Crippen molar-refractivity contribution in [3.05, 3.63) is 46.2 Å². The second kappa shape index (κ2) is 12.1. The van der Waals surface area contributed by atoms with Crippen LogP contribution in [0.5, 0.6) is 11.5 Å². The highest BCUT2D eigenvalue weighted by Crippen LogP contribution is 2.30. The molecule has 1 aromatic heterocycles. The number of amides is 2. The van der Waals surface area contributed by atoms with E-state index >= 15 is 0 Å². The lowest BCUT2D eigenvalue weighted by Crippen LogP contribution is -2.49. The average Bonchev–Trinajstić information content (AvgIpc) is 3.31. The van der Waals surface area contributed by atoms with Crippen molar-refractivity contribution in [1.82, 2.24) is 9.80 Å². The molecule has 3 rings (SSSR count). The molecule has 0 saturated heterocycles. The molecule has 0 bridgehead atoms. The topological polar surface area (TPSA) is 59.1 Å². The molecule has 1 heterocycles. The van der Waals surface area contributed by atoms with Crippen LogP contribution < -0.4 is 9.47 Å². The fourth-order valence-corrected chi connectivity index (χ4v) is 4.71. The number of methoxy groups -OCH3 is 2. The first-order chi connectivity index (χ1) is 16.0. The quantitative estimate of drug-likeness (QED) is 0.447. The second-order valence-corrected chi connectivity index (χ2v) is 9.72. The Morgan fingerprint density at radius 1 is 1.15 bits per heavy atom. The average molecular weight is 473 g/mol. The number of benzene rings is 1. The normalized spacial score (nSPS) is 14.3. The van der Waals surface area contributed by atoms with E-state index in [2.05, 4.69) is 6.92 Å². The van der Waals surface area contributed by atoms with E-state index < -0.39 is 0 Å². The van der Waals surface area contributed by atoms with Gasteiger partial charge in [0.15, 0.2) is 11.5 Å². The number of nitrogens with zero attached hydrogens (tertiary/aromatic N) is 2. The molecule has 1 fully saturated rings. The highest BCUT2D eigenvalue weighted by atomic mass is 32.1. The van der Waals surface area contributed by atoms with Gasteiger partial charge >= 0.3 is 0 Å². The fraction of sp³-hybridized carbons (Fsp3) is 0.538. The summed E-state index contributed by atoms with van der Waals surface area (Å²) in [5.74, 6) is 1.59. The van der Waals surface area contributed by atoms with Crippen LogP contribution in [0.2, 0.25) is 0 Å².